The largest absolute Gasteiger partial charge is 0.359 e. The Labute approximate surface area is 212 Å². The summed E-state index contributed by atoms with van der Waals surface area (Å²) in [5, 5.41) is 2.46. The Hall–Kier alpha value is -2.11. The second-order valence-electron chi connectivity index (χ2n) is 12.4. The summed E-state index contributed by atoms with van der Waals surface area (Å²) in [5.74, 6) is 0.983. The van der Waals surface area contributed by atoms with Gasteiger partial charge >= 0.3 is 0 Å². The fourth-order valence-electron chi connectivity index (χ4n) is 8.99. The number of alkyl halides is 2. The Balaban J connectivity index is 1.22. The van der Waals surface area contributed by atoms with E-state index >= 15 is 0 Å². The van der Waals surface area contributed by atoms with Crippen LogP contribution in [0.25, 0.3) is 10.8 Å². The normalized spacial score (nSPS) is 39.1. The molecule has 2 saturated carbocycles. The minimum absolute atomic E-state index is 0.150. The zero-order chi connectivity index (χ0) is 24.7. The van der Waals surface area contributed by atoms with E-state index in [-0.39, 0.29) is 29.2 Å². The average Bonchev–Trinajstić information content (AvgIpc) is 3.38. The van der Waals surface area contributed by atoms with Crippen LogP contribution in [0.1, 0.15) is 69.8 Å². The van der Waals surface area contributed by atoms with Crippen molar-refractivity contribution in [3.05, 3.63) is 65.5 Å². The van der Waals surface area contributed by atoms with Crippen molar-refractivity contribution in [1.82, 2.24) is 9.88 Å². The van der Waals surface area contributed by atoms with Gasteiger partial charge in [-0.25, -0.2) is 8.78 Å². The number of hydrogen-bond donors (Lipinski definition) is 0. The van der Waals surface area contributed by atoms with Gasteiger partial charge in [-0.3, -0.25) is 9.88 Å². The topological polar surface area (TPSA) is 25.4 Å². The first-order valence-corrected chi connectivity index (χ1v) is 13.8. The molecule has 1 aromatic carbocycles. The van der Waals surface area contributed by atoms with Crippen molar-refractivity contribution in [2.75, 3.05) is 13.6 Å². The van der Waals surface area contributed by atoms with E-state index in [1.165, 1.54) is 40.3 Å². The predicted octanol–water partition coefficient (Wildman–Crippen LogP) is 7.04. The van der Waals surface area contributed by atoms with Gasteiger partial charge in [-0.05, 0) is 110 Å². The van der Waals surface area contributed by atoms with Gasteiger partial charge in [-0.1, -0.05) is 31.2 Å². The number of rotatable bonds is 4. The first kappa shape index (κ1) is 23.0. The summed E-state index contributed by atoms with van der Waals surface area (Å²) in [6, 6.07) is 9.19. The van der Waals surface area contributed by atoms with Crippen molar-refractivity contribution in [1.29, 1.82) is 0 Å². The molecule has 2 spiro atoms. The minimum Gasteiger partial charge on any atom is -0.359 e. The van der Waals surface area contributed by atoms with Crippen LogP contribution in [-0.4, -0.2) is 47.1 Å². The maximum Gasteiger partial charge on any atom is 0.251 e. The summed E-state index contributed by atoms with van der Waals surface area (Å²) in [7, 11) is 1.86. The zero-order valence-electron chi connectivity index (χ0n) is 21.4. The van der Waals surface area contributed by atoms with Gasteiger partial charge in [0.05, 0.1) is 17.7 Å². The molecule has 190 valence electrons. The molecular weight excluding hydrogens is 454 g/mol. The van der Waals surface area contributed by atoms with Crippen LogP contribution >= 0.6 is 0 Å². The van der Waals surface area contributed by atoms with Gasteiger partial charge < -0.3 is 4.74 Å². The molecule has 6 atom stereocenters. The van der Waals surface area contributed by atoms with Gasteiger partial charge in [-0.15, -0.1) is 0 Å². The standard InChI is InChI=1S/C31H36F2N2O/c1-29-11-9-24-16-23-5-6-25(35(2)19-28(32)33)17-30(23)12-13-31(24,36-30)27(29)8-7-26(29)21-4-3-20-10-14-34-18-22(20)15-21/h3-4,9-10,14-16,18,25-28H,5-8,11-13,17,19H2,1-2H3. The molecule has 3 nitrogen and oxygen atoms in total. The van der Waals surface area contributed by atoms with Crippen molar-refractivity contribution in [3.63, 3.8) is 0 Å². The third kappa shape index (κ3) is 3.18. The molecule has 2 bridgehead atoms. The lowest BCUT2D eigenvalue weighted by molar-refractivity contribution is -0.141. The molecule has 0 N–H and O–H groups in total. The van der Waals surface area contributed by atoms with Crippen LogP contribution in [0.4, 0.5) is 8.78 Å². The van der Waals surface area contributed by atoms with E-state index in [1.807, 2.05) is 24.3 Å². The summed E-state index contributed by atoms with van der Waals surface area (Å²) >= 11 is 0. The lowest BCUT2D eigenvalue weighted by atomic mass is 9.58. The predicted molar refractivity (Wildman–Crippen MR) is 138 cm³/mol. The van der Waals surface area contributed by atoms with Crippen LogP contribution in [0.3, 0.4) is 0 Å². The Kier molecular flexibility index (Phi) is 5.08. The van der Waals surface area contributed by atoms with Crippen molar-refractivity contribution in [2.45, 2.75) is 87.9 Å². The van der Waals surface area contributed by atoms with E-state index in [0.29, 0.717) is 11.8 Å². The molecule has 1 aromatic heterocycles. The van der Waals surface area contributed by atoms with Gasteiger partial charge in [0.1, 0.15) is 0 Å². The Bertz CT molecular complexity index is 1270. The fourth-order valence-corrected chi connectivity index (χ4v) is 8.99. The number of pyridine rings is 1. The van der Waals surface area contributed by atoms with Crippen molar-refractivity contribution in [2.24, 2.45) is 11.3 Å². The zero-order valence-corrected chi connectivity index (χ0v) is 21.4. The Morgan fingerprint density at radius 1 is 1.14 bits per heavy atom. The van der Waals surface area contributed by atoms with Crippen molar-refractivity contribution >= 4 is 10.8 Å². The first-order valence-electron chi connectivity index (χ1n) is 13.8. The van der Waals surface area contributed by atoms with Crippen LogP contribution < -0.4 is 0 Å². The monoisotopic (exact) mass is 490 g/mol. The number of benzene rings is 1. The third-order valence-electron chi connectivity index (χ3n) is 10.8. The highest BCUT2D eigenvalue weighted by atomic mass is 19.3. The van der Waals surface area contributed by atoms with E-state index in [4.69, 9.17) is 4.74 Å². The van der Waals surface area contributed by atoms with Gasteiger partial charge in [-0.2, -0.15) is 0 Å². The Morgan fingerprint density at radius 3 is 2.89 bits per heavy atom. The van der Waals surface area contributed by atoms with Crippen molar-refractivity contribution < 1.29 is 13.5 Å². The molecule has 3 aliphatic carbocycles. The first-order chi connectivity index (χ1) is 17.3. The number of ether oxygens (including phenoxy) is 1. The maximum absolute atomic E-state index is 13.1. The summed E-state index contributed by atoms with van der Waals surface area (Å²) in [4.78, 5) is 6.23. The van der Waals surface area contributed by atoms with Gasteiger partial charge in [0.25, 0.3) is 6.43 Å². The molecule has 7 rings (SSSR count). The average molecular weight is 491 g/mol. The van der Waals surface area contributed by atoms with E-state index in [1.54, 1.807) is 0 Å². The number of fused-ring (bicyclic) bond motifs is 2. The second kappa shape index (κ2) is 7.94. The summed E-state index contributed by atoms with van der Waals surface area (Å²) in [5.41, 5.74) is 3.94. The second-order valence-corrected chi connectivity index (χ2v) is 12.4. The highest BCUT2D eigenvalue weighted by molar-refractivity contribution is 5.82. The number of hydrogen-bond acceptors (Lipinski definition) is 3. The van der Waals surface area contributed by atoms with E-state index < -0.39 is 6.43 Å². The number of allylic oxidation sites excluding steroid dienone is 1. The maximum atomic E-state index is 13.1. The summed E-state index contributed by atoms with van der Waals surface area (Å²) < 4.78 is 33.6. The highest BCUT2D eigenvalue weighted by Crippen LogP contribution is 2.69. The molecular formula is C31H36F2N2O. The number of aromatic nitrogens is 1. The molecule has 1 saturated heterocycles. The van der Waals surface area contributed by atoms with Crippen LogP contribution in [0, 0.1) is 11.3 Å². The van der Waals surface area contributed by atoms with E-state index in [0.717, 1.165) is 38.5 Å². The third-order valence-corrected chi connectivity index (χ3v) is 10.8. The highest BCUT2D eigenvalue weighted by Gasteiger charge is 2.66. The SMILES string of the molecule is CN(CC(F)F)C1CCC2=CC3=CCC4(C)C(c5ccc6ccncc6c5)CCC4C34CCC2(C1)O4. The van der Waals surface area contributed by atoms with Crippen molar-refractivity contribution in [3.8, 4) is 0 Å². The molecule has 3 heterocycles. The lowest BCUT2D eigenvalue weighted by Gasteiger charge is -2.55. The molecule has 2 aliphatic heterocycles. The number of halogens is 2. The number of nitrogens with zero attached hydrogens (tertiary/aromatic N) is 2. The Morgan fingerprint density at radius 2 is 2.03 bits per heavy atom. The fraction of sp³-hybridized carbons (Fsp3) is 0.581. The van der Waals surface area contributed by atoms with Crippen LogP contribution in [0.2, 0.25) is 0 Å². The van der Waals surface area contributed by atoms with Gasteiger partial charge in [0.15, 0.2) is 0 Å². The van der Waals surface area contributed by atoms with Gasteiger partial charge in [0, 0.05) is 23.8 Å². The van der Waals surface area contributed by atoms with Gasteiger partial charge in [0.2, 0.25) is 0 Å². The molecule has 5 heteroatoms. The molecule has 0 amide bonds. The lowest BCUT2D eigenvalue weighted by Crippen LogP contribution is -2.55. The molecule has 5 aliphatic rings. The quantitative estimate of drug-likeness (QED) is 0.460. The van der Waals surface area contributed by atoms with E-state index in [2.05, 4.69) is 48.3 Å². The summed E-state index contributed by atoms with van der Waals surface area (Å²) in [6.07, 6.45) is 14.8. The molecule has 0 radical (unpaired) electrons. The van der Waals surface area contributed by atoms with E-state index in [9.17, 15) is 8.78 Å². The smallest absolute Gasteiger partial charge is 0.251 e. The molecule has 2 aromatic rings. The van der Waals surface area contributed by atoms with Crippen LogP contribution in [-0.2, 0) is 4.74 Å². The molecule has 36 heavy (non-hydrogen) atoms. The minimum atomic E-state index is -2.29. The van der Waals surface area contributed by atoms with Crippen LogP contribution in [0.15, 0.2) is 60.0 Å². The molecule has 6 unspecified atom stereocenters. The molecule has 3 fully saturated rings. The van der Waals surface area contributed by atoms with Crippen LogP contribution in [0.5, 0.6) is 0 Å². The summed E-state index contributed by atoms with van der Waals surface area (Å²) in [6.45, 7) is 2.35.